The van der Waals surface area contributed by atoms with Crippen LogP contribution in [-0.2, 0) is 0 Å². The number of amides is 1. The molecular formula is C24H29ClN6OS. The van der Waals surface area contributed by atoms with E-state index in [4.69, 9.17) is 21.6 Å². The fourth-order valence-corrected chi connectivity index (χ4v) is 6.03. The van der Waals surface area contributed by atoms with Gasteiger partial charge in [0.2, 0.25) is 0 Å². The van der Waals surface area contributed by atoms with Gasteiger partial charge in [-0.2, -0.15) is 0 Å². The Morgan fingerprint density at radius 1 is 0.970 bits per heavy atom. The standard InChI is InChI=1S/C24H29ClN6OS/c1-16-20-22(30-9-7-28(3)8-10-30)26-17(2)27-23(20)33-21(16)24(32)31-13-11-29(12-14-31)19-6-4-5-18(25)15-19/h4-6,15H,7-14H2,1-3H3. The molecule has 2 aliphatic rings. The molecule has 5 rings (SSSR count). The quantitative estimate of drug-likeness (QED) is 0.565. The molecule has 33 heavy (non-hydrogen) atoms. The van der Waals surface area contributed by atoms with Crippen LogP contribution in [0.1, 0.15) is 21.1 Å². The Hall–Kier alpha value is -2.42. The highest BCUT2D eigenvalue weighted by Gasteiger charge is 2.28. The van der Waals surface area contributed by atoms with Gasteiger partial charge in [0.15, 0.2) is 0 Å². The summed E-state index contributed by atoms with van der Waals surface area (Å²) >= 11 is 7.67. The number of likely N-dealkylation sites (N-methyl/N-ethyl adjacent to an activating group) is 1. The van der Waals surface area contributed by atoms with Gasteiger partial charge in [-0.3, -0.25) is 4.79 Å². The second kappa shape index (κ2) is 9.08. The number of carbonyl (C=O) groups is 1. The Kier molecular flexibility index (Phi) is 6.16. The topological polar surface area (TPSA) is 55.8 Å². The molecule has 0 bridgehead atoms. The lowest BCUT2D eigenvalue weighted by molar-refractivity contribution is 0.0751. The van der Waals surface area contributed by atoms with Crippen LogP contribution in [-0.4, -0.2) is 85.1 Å². The van der Waals surface area contributed by atoms with Crippen molar-refractivity contribution in [2.24, 2.45) is 0 Å². The maximum atomic E-state index is 13.5. The van der Waals surface area contributed by atoms with Crippen molar-refractivity contribution in [3.63, 3.8) is 0 Å². The number of rotatable bonds is 3. The van der Waals surface area contributed by atoms with E-state index in [-0.39, 0.29) is 5.91 Å². The summed E-state index contributed by atoms with van der Waals surface area (Å²) in [5.74, 6) is 1.83. The maximum absolute atomic E-state index is 13.5. The third-order valence-electron chi connectivity index (χ3n) is 6.62. The molecule has 9 heteroatoms. The number of thiophene rings is 1. The van der Waals surface area contributed by atoms with E-state index in [1.165, 1.54) is 11.3 Å². The molecule has 2 aliphatic heterocycles. The number of nitrogens with zero attached hydrogens (tertiary/aromatic N) is 6. The molecule has 1 aromatic carbocycles. The molecule has 0 unspecified atom stereocenters. The second-order valence-corrected chi connectivity index (χ2v) is 10.3. The molecule has 0 radical (unpaired) electrons. The van der Waals surface area contributed by atoms with Crippen molar-refractivity contribution in [3.05, 3.63) is 45.6 Å². The lowest BCUT2D eigenvalue weighted by Gasteiger charge is -2.36. The Labute approximate surface area is 203 Å². The van der Waals surface area contributed by atoms with E-state index < -0.39 is 0 Å². The van der Waals surface area contributed by atoms with Gasteiger partial charge in [0.25, 0.3) is 5.91 Å². The lowest BCUT2D eigenvalue weighted by atomic mass is 10.1. The first-order chi connectivity index (χ1) is 15.9. The van der Waals surface area contributed by atoms with E-state index in [0.29, 0.717) is 13.1 Å². The van der Waals surface area contributed by atoms with E-state index in [1.807, 2.05) is 36.9 Å². The van der Waals surface area contributed by atoms with Crippen molar-refractivity contribution in [2.45, 2.75) is 13.8 Å². The van der Waals surface area contributed by atoms with Crippen LogP contribution in [0.4, 0.5) is 11.5 Å². The van der Waals surface area contributed by atoms with E-state index >= 15 is 0 Å². The second-order valence-electron chi connectivity index (χ2n) is 8.88. The Balaban J connectivity index is 1.38. The van der Waals surface area contributed by atoms with Crippen LogP contribution >= 0.6 is 22.9 Å². The predicted octanol–water partition coefficient (Wildman–Crippen LogP) is 3.68. The van der Waals surface area contributed by atoms with Gasteiger partial charge in [-0.25, -0.2) is 9.97 Å². The van der Waals surface area contributed by atoms with Gasteiger partial charge < -0.3 is 19.6 Å². The Morgan fingerprint density at radius 2 is 1.67 bits per heavy atom. The fraction of sp³-hybridized carbons (Fsp3) is 0.458. The third-order valence-corrected chi connectivity index (χ3v) is 8.03. The highest BCUT2D eigenvalue weighted by molar-refractivity contribution is 7.20. The minimum Gasteiger partial charge on any atom is -0.368 e. The number of anilines is 2. The SMILES string of the molecule is Cc1nc(N2CCN(C)CC2)c2c(C)c(C(=O)N3CCN(c4cccc(Cl)c4)CC3)sc2n1. The number of halogens is 1. The Bertz CT molecular complexity index is 1180. The van der Waals surface area contributed by atoms with E-state index in [0.717, 1.165) is 82.3 Å². The van der Waals surface area contributed by atoms with Crippen LogP contribution in [0, 0.1) is 13.8 Å². The number of piperazine rings is 2. The van der Waals surface area contributed by atoms with Gasteiger partial charge in [0.05, 0.1) is 10.3 Å². The molecule has 1 amide bonds. The van der Waals surface area contributed by atoms with E-state index in [9.17, 15) is 4.79 Å². The minimum absolute atomic E-state index is 0.100. The van der Waals surface area contributed by atoms with Crippen LogP contribution in [0.3, 0.4) is 0 Å². The first-order valence-electron chi connectivity index (χ1n) is 11.4. The molecule has 2 saturated heterocycles. The highest BCUT2D eigenvalue weighted by atomic mass is 35.5. The third kappa shape index (κ3) is 4.39. The largest absolute Gasteiger partial charge is 0.368 e. The summed E-state index contributed by atoms with van der Waals surface area (Å²) < 4.78 is 0. The monoisotopic (exact) mass is 484 g/mol. The lowest BCUT2D eigenvalue weighted by Crippen LogP contribution is -2.48. The van der Waals surface area contributed by atoms with Crippen LogP contribution < -0.4 is 9.80 Å². The number of benzene rings is 1. The zero-order valence-corrected chi connectivity index (χ0v) is 20.9. The van der Waals surface area contributed by atoms with Crippen molar-refractivity contribution in [1.82, 2.24) is 19.8 Å². The van der Waals surface area contributed by atoms with E-state index in [2.05, 4.69) is 27.8 Å². The highest BCUT2D eigenvalue weighted by Crippen LogP contribution is 2.36. The number of fused-ring (bicyclic) bond motifs is 1. The van der Waals surface area contributed by atoms with Crippen molar-refractivity contribution in [1.29, 1.82) is 0 Å². The van der Waals surface area contributed by atoms with Gasteiger partial charge in [-0.1, -0.05) is 17.7 Å². The smallest absolute Gasteiger partial charge is 0.264 e. The molecule has 3 aromatic rings. The molecule has 0 atom stereocenters. The number of hydrogen-bond acceptors (Lipinski definition) is 7. The fourth-order valence-electron chi connectivity index (χ4n) is 4.66. The molecule has 0 spiro atoms. The van der Waals surface area contributed by atoms with Gasteiger partial charge >= 0.3 is 0 Å². The number of aryl methyl sites for hydroxylation is 2. The average molecular weight is 485 g/mol. The molecule has 2 fully saturated rings. The summed E-state index contributed by atoms with van der Waals surface area (Å²) in [6.45, 7) is 10.8. The van der Waals surface area contributed by atoms with Gasteiger partial charge in [0.1, 0.15) is 16.5 Å². The summed E-state index contributed by atoms with van der Waals surface area (Å²) in [4.78, 5) is 33.7. The van der Waals surface area contributed by atoms with Crippen molar-refractivity contribution in [2.75, 3.05) is 69.2 Å². The summed E-state index contributed by atoms with van der Waals surface area (Å²) in [5.41, 5.74) is 2.11. The van der Waals surface area contributed by atoms with Crippen molar-refractivity contribution in [3.8, 4) is 0 Å². The molecule has 2 aromatic heterocycles. The van der Waals surface area contributed by atoms with Crippen molar-refractivity contribution >= 4 is 50.6 Å². The molecular weight excluding hydrogens is 456 g/mol. The number of hydrogen-bond donors (Lipinski definition) is 0. The first kappa shape index (κ1) is 22.4. The average Bonchev–Trinajstić information content (AvgIpc) is 3.14. The van der Waals surface area contributed by atoms with Crippen molar-refractivity contribution < 1.29 is 4.79 Å². The van der Waals surface area contributed by atoms with Crippen LogP contribution in [0.2, 0.25) is 5.02 Å². The molecule has 0 aliphatic carbocycles. The summed E-state index contributed by atoms with van der Waals surface area (Å²) in [7, 11) is 2.15. The maximum Gasteiger partial charge on any atom is 0.264 e. The normalized spacial score (nSPS) is 17.8. The molecule has 7 nitrogen and oxygen atoms in total. The van der Waals surface area contributed by atoms with Crippen LogP contribution in [0.15, 0.2) is 24.3 Å². The molecule has 0 saturated carbocycles. The zero-order chi connectivity index (χ0) is 23.1. The minimum atomic E-state index is 0.100. The summed E-state index contributed by atoms with van der Waals surface area (Å²) in [6.07, 6.45) is 0. The molecule has 0 N–H and O–H groups in total. The van der Waals surface area contributed by atoms with Crippen LogP contribution in [0.25, 0.3) is 10.2 Å². The number of aromatic nitrogens is 2. The predicted molar refractivity (Wildman–Crippen MR) is 136 cm³/mol. The zero-order valence-electron chi connectivity index (χ0n) is 19.3. The number of carbonyl (C=O) groups excluding carboxylic acids is 1. The molecule has 174 valence electrons. The van der Waals surface area contributed by atoms with Gasteiger partial charge in [-0.05, 0) is 44.7 Å². The summed E-state index contributed by atoms with van der Waals surface area (Å²) in [6, 6.07) is 7.91. The van der Waals surface area contributed by atoms with Crippen LogP contribution in [0.5, 0.6) is 0 Å². The Morgan fingerprint density at radius 3 is 2.36 bits per heavy atom. The van der Waals surface area contributed by atoms with Gasteiger partial charge in [0, 0.05) is 63.1 Å². The molecule has 4 heterocycles. The van der Waals surface area contributed by atoms with Gasteiger partial charge in [-0.15, -0.1) is 11.3 Å². The summed E-state index contributed by atoms with van der Waals surface area (Å²) in [5, 5.41) is 1.77. The van der Waals surface area contributed by atoms with E-state index in [1.54, 1.807) is 0 Å². The first-order valence-corrected chi connectivity index (χ1v) is 12.6.